The second-order valence-electron chi connectivity index (χ2n) is 4.65. The predicted octanol–water partition coefficient (Wildman–Crippen LogP) is 3.34. The summed E-state index contributed by atoms with van der Waals surface area (Å²) in [6.45, 7) is -0.0764. The van der Waals surface area contributed by atoms with Gasteiger partial charge in [-0.2, -0.15) is 0 Å². The molecule has 1 atom stereocenters. The van der Waals surface area contributed by atoms with E-state index in [2.05, 4.69) is 4.98 Å². The summed E-state index contributed by atoms with van der Waals surface area (Å²) in [7, 11) is 0. The molecule has 0 aliphatic heterocycles. The molecular formula is C16H15FN2. The van der Waals surface area contributed by atoms with Crippen LogP contribution < -0.4 is 5.73 Å². The van der Waals surface area contributed by atoms with Crippen LogP contribution in [0, 0.1) is 0 Å². The standard InChI is InChI=1S/C16H15FN2/c17-16(11-18,13-4-2-1-3-5-13)14-6-7-15-12(10-14)8-9-19-15/h1-10,19H,11,18H2. The fourth-order valence-corrected chi connectivity index (χ4v) is 2.40. The number of nitrogens with one attached hydrogen (secondary N) is 1. The number of H-pyrrole nitrogens is 1. The van der Waals surface area contributed by atoms with E-state index in [4.69, 9.17) is 5.73 Å². The molecule has 3 rings (SSSR count). The van der Waals surface area contributed by atoms with Gasteiger partial charge in [0.05, 0.1) is 0 Å². The van der Waals surface area contributed by atoms with Gasteiger partial charge in [-0.3, -0.25) is 0 Å². The number of benzene rings is 2. The van der Waals surface area contributed by atoms with E-state index in [-0.39, 0.29) is 6.54 Å². The van der Waals surface area contributed by atoms with Crippen LogP contribution in [-0.4, -0.2) is 11.5 Å². The highest BCUT2D eigenvalue weighted by atomic mass is 19.1. The topological polar surface area (TPSA) is 41.8 Å². The number of aromatic nitrogens is 1. The van der Waals surface area contributed by atoms with Crippen molar-refractivity contribution in [1.29, 1.82) is 0 Å². The summed E-state index contributed by atoms with van der Waals surface area (Å²) in [5.74, 6) is 0. The SMILES string of the molecule is NCC(F)(c1ccccc1)c1ccc2[nH]ccc2c1. The lowest BCUT2D eigenvalue weighted by Crippen LogP contribution is -2.31. The molecule has 1 heterocycles. The first-order valence-corrected chi connectivity index (χ1v) is 6.26. The molecule has 0 bridgehead atoms. The minimum Gasteiger partial charge on any atom is -0.361 e. The van der Waals surface area contributed by atoms with Crippen LogP contribution in [0.25, 0.3) is 10.9 Å². The zero-order valence-corrected chi connectivity index (χ0v) is 10.4. The van der Waals surface area contributed by atoms with E-state index in [1.165, 1.54) is 0 Å². The Labute approximate surface area is 111 Å². The average Bonchev–Trinajstić information content (AvgIpc) is 2.94. The summed E-state index contributed by atoms with van der Waals surface area (Å²) in [5.41, 5.74) is 6.24. The first kappa shape index (κ1) is 11.9. The number of fused-ring (bicyclic) bond motifs is 1. The van der Waals surface area contributed by atoms with Crippen LogP contribution in [0.3, 0.4) is 0 Å². The molecule has 1 aromatic heterocycles. The molecule has 0 aliphatic rings. The monoisotopic (exact) mass is 254 g/mol. The van der Waals surface area contributed by atoms with E-state index < -0.39 is 5.67 Å². The van der Waals surface area contributed by atoms with E-state index in [0.717, 1.165) is 10.9 Å². The molecule has 19 heavy (non-hydrogen) atoms. The van der Waals surface area contributed by atoms with Crippen LogP contribution in [0.1, 0.15) is 11.1 Å². The van der Waals surface area contributed by atoms with Crippen LogP contribution in [0.5, 0.6) is 0 Å². The van der Waals surface area contributed by atoms with Gasteiger partial charge in [0.2, 0.25) is 0 Å². The Kier molecular flexibility index (Phi) is 2.84. The summed E-state index contributed by atoms with van der Waals surface area (Å²) in [6.07, 6.45) is 1.85. The smallest absolute Gasteiger partial charge is 0.173 e. The first-order chi connectivity index (χ1) is 9.24. The molecule has 0 radical (unpaired) electrons. The van der Waals surface area contributed by atoms with Crippen molar-refractivity contribution in [2.75, 3.05) is 6.54 Å². The zero-order chi connectivity index (χ0) is 13.3. The van der Waals surface area contributed by atoms with E-state index >= 15 is 4.39 Å². The van der Waals surface area contributed by atoms with Crippen molar-refractivity contribution in [3.63, 3.8) is 0 Å². The predicted molar refractivity (Wildman–Crippen MR) is 75.7 cm³/mol. The van der Waals surface area contributed by atoms with Gasteiger partial charge in [-0.05, 0) is 34.7 Å². The van der Waals surface area contributed by atoms with Crippen molar-refractivity contribution in [1.82, 2.24) is 4.98 Å². The van der Waals surface area contributed by atoms with E-state index in [9.17, 15) is 0 Å². The fraction of sp³-hybridized carbons (Fsp3) is 0.125. The van der Waals surface area contributed by atoms with Crippen molar-refractivity contribution in [3.05, 3.63) is 71.9 Å². The largest absolute Gasteiger partial charge is 0.361 e. The van der Waals surface area contributed by atoms with Crippen LogP contribution in [0.4, 0.5) is 4.39 Å². The maximum absolute atomic E-state index is 15.3. The van der Waals surface area contributed by atoms with E-state index in [1.54, 1.807) is 18.2 Å². The lowest BCUT2D eigenvalue weighted by Gasteiger charge is -2.25. The molecule has 3 heteroatoms. The average molecular weight is 254 g/mol. The number of aromatic amines is 1. The number of hydrogen-bond acceptors (Lipinski definition) is 1. The quantitative estimate of drug-likeness (QED) is 0.739. The van der Waals surface area contributed by atoms with Crippen LogP contribution in [-0.2, 0) is 5.67 Å². The van der Waals surface area contributed by atoms with E-state index in [1.807, 2.05) is 42.6 Å². The minimum atomic E-state index is -1.65. The lowest BCUT2D eigenvalue weighted by molar-refractivity contribution is 0.233. The minimum absolute atomic E-state index is 0.0764. The molecule has 1 unspecified atom stereocenters. The number of halogens is 1. The number of rotatable bonds is 3. The third kappa shape index (κ3) is 1.92. The highest BCUT2D eigenvalue weighted by Crippen LogP contribution is 2.34. The van der Waals surface area contributed by atoms with Gasteiger partial charge >= 0.3 is 0 Å². The Morgan fingerprint density at radius 3 is 2.53 bits per heavy atom. The second-order valence-corrected chi connectivity index (χ2v) is 4.65. The molecule has 96 valence electrons. The third-order valence-corrected chi connectivity index (χ3v) is 3.52. The molecule has 0 saturated carbocycles. The van der Waals surface area contributed by atoms with Gasteiger partial charge in [0, 0.05) is 18.3 Å². The summed E-state index contributed by atoms with van der Waals surface area (Å²) in [5, 5.41) is 0.990. The van der Waals surface area contributed by atoms with Crippen molar-refractivity contribution >= 4 is 10.9 Å². The van der Waals surface area contributed by atoms with Crippen LogP contribution in [0.2, 0.25) is 0 Å². The summed E-state index contributed by atoms with van der Waals surface area (Å²) >= 11 is 0. The van der Waals surface area contributed by atoms with Gasteiger partial charge in [0.15, 0.2) is 5.67 Å². The molecule has 3 N–H and O–H groups in total. The molecule has 2 nitrogen and oxygen atoms in total. The summed E-state index contributed by atoms with van der Waals surface area (Å²) < 4.78 is 15.3. The van der Waals surface area contributed by atoms with Gasteiger partial charge in [-0.1, -0.05) is 36.4 Å². The normalized spacial score (nSPS) is 14.4. The Hall–Kier alpha value is -2.13. The number of alkyl halides is 1. The molecule has 0 amide bonds. The van der Waals surface area contributed by atoms with Crippen molar-refractivity contribution in [2.45, 2.75) is 5.67 Å². The van der Waals surface area contributed by atoms with Gasteiger partial charge in [-0.15, -0.1) is 0 Å². The number of hydrogen-bond donors (Lipinski definition) is 2. The van der Waals surface area contributed by atoms with Crippen molar-refractivity contribution in [3.8, 4) is 0 Å². The molecule has 0 saturated heterocycles. The Balaban J connectivity index is 2.15. The molecule has 0 aliphatic carbocycles. The molecule has 2 aromatic carbocycles. The molecular weight excluding hydrogens is 239 g/mol. The first-order valence-electron chi connectivity index (χ1n) is 6.26. The molecule has 3 aromatic rings. The summed E-state index contributed by atoms with van der Waals surface area (Å²) in [6, 6.07) is 16.5. The Morgan fingerprint density at radius 2 is 1.79 bits per heavy atom. The van der Waals surface area contributed by atoms with Crippen molar-refractivity contribution < 1.29 is 4.39 Å². The van der Waals surface area contributed by atoms with Crippen molar-refractivity contribution in [2.24, 2.45) is 5.73 Å². The van der Waals surface area contributed by atoms with Crippen LogP contribution in [0.15, 0.2) is 60.8 Å². The van der Waals surface area contributed by atoms with Gasteiger partial charge < -0.3 is 10.7 Å². The maximum Gasteiger partial charge on any atom is 0.173 e. The summed E-state index contributed by atoms with van der Waals surface area (Å²) in [4.78, 5) is 3.10. The Morgan fingerprint density at radius 1 is 1.00 bits per heavy atom. The van der Waals surface area contributed by atoms with Gasteiger partial charge in [0.25, 0.3) is 0 Å². The number of nitrogens with two attached hydrogens (primary N) is 1. The maximum atomic E-state index is 15.3. The highest BCUT2D eigenvalue weighted by Gasteiger charge is 2.32. The fourth-order valence-electron chi connectivity index (χ4n) is 2.40. The van der Waals surface area contributed by atoms with Gasteiger partial charge in [0.1, 0.15) is 0 Å². The third-order valence-electron chi connectivity index (χ3n) is 3.52. The zero-order valence-electron chi connectivity index (χ0n) is 10.4. The molecule has 0 fully saturated rings. The van der Waals surface area contributed by atoms with Crippen LogP contribution >= 0.6 is 0 Å². The second kappa shape index (κ2) is 4.52. The highest BCUT2D eigenvalue weighted by molar-refractivity contribution is 5.80. The Bertz CT molecular complexity index is 690. The van der Waals surface area contributed by atoms with Gasteiger partial charge in [-0.25, -0.2) is 4.39 Å². The van der Waals surface area contributed by atoms with E-state index in [0.29, 0.717) is 11.1 Å². The molecule has 0 spiro atoms. The lowest BCUT2D eigenvalue weighted by atomic mass is 9.87.